The Morgan fingerprint density at radius 2 is 1.86 bits per heavy atom. The molecule has 1 aromatic carbocycles. The molecule has 0 saturated carbocycles. The van der Waals surface area contributed by atoms with Gasteiger partial charge in [0.05, 0.1) is 17.8 Å². The number of thiophene rings is 1. The molecule has 0 aliphatic carbocycles. The van der Waals surface area contributed by atoms with E-state index in [1.165, 1.54) is 5.56 Å². The maximum absolute atomic E-state index is 12.2. The second kappa shape index (κ2) is 9.09. The number of carbonyl (C=O) groups excluding carboxylic acids is 1. The number of nitrogens with zero attached hydrogens (tertiary/aromatic N) is 2. The molecule has 0 spiro atoms. The molecule has 0 radical (unpaired) electrons. The van der Waals surface area contributed by atoms with Crippen molar-refractivity contribution in [3.8, 4) is 11.3 Å². The molecule has 3 aromatic rings. The molecule has 2 aromatic heterocycles. The number of anilines is 2. The molecular formula is C23H28N2O2S2. The summed E-state index contributed by atoms with van der Waals surface area (Å²) in [6, 6.07) is 10.6. The molecular weight excluding hydrogens is 400 g/mol. The predicted octanol–water partition coefficient (Wildman–Crippen LogP) is 6.86. The molecule has 4 nitrogen and oxygen atoms in total. The van der Waals surface area contributed by atoms with Crippen LogP contribution in [0.5, 0.6) is 0 Å². The Kier molecular flexibility index (Phi) is 6.75. The molecule has 0 amide bonds. The van der Waals surface area contributed by atoms with E-state index in [9.17, 15) is 4.79 Å². The molecule has 0 bridgehead atoms. The van der Waals surface area contributed by atoms with Crippen LogP contribution in [0.4, 0.5) is 10.8 Å². The van der Waals surface area contributed by atoms with Crippen molar-refractivity contribution in [1.29, 1.82) is 0 Å². The van der Waals surface area contributed by atoms with Gasteiger partial charge >= 0.3 is 5.97 Å². The molecule has 0 N–H and O–H groups in total. The van der Waals surface area contributed by atoms with E-state index in [1.807, 2.05) is 26.2 Å². The predicted molar refractivity (Wildman–Crippen MR) is 123 cm³/mol. The van der Waals surface area contributed by atoms with Gasteiger partial charge in [-0.25, -0.2) is 4.98 Å². The molecule has 2 heterocycles. The third-order valence-electron chi connectivity index (χ3n) is 4.37. The number of hydrogen-bond acceptors (Lipinski definition) is 6. The fourth-order valence-corrected chi connectivity index (χ4v) is 4.42. The summed E-state index contributed by atoms with van der Waals surface area (Å²) in [5.74, 6) is 0.316. The number of aromatic nitrogens is 1. The minimum absolute atomic E-state index is 0.196. The Labute approximate surface area is 181 Å². The topological polar surface area (TPSA) is 42.4 Å². The average Bonchev–Trinajstić information content (AvgIpc) is 3.33. The minimum atomic E-state index is -0.471. The summed E-state index contributed by atoms with van der Waals surface area (Å²) in [6.07, 6.45) is 0.311. The van der Waals surface area contributed by atoms with Crippen LogP contribution >= 0.6 is 22.7 Å². The average molecular weight is 429 g/mol. The van der Waals surface area contributed by atoms with E-state index in [-0.39, 0.29) is 5.97 Å². The van der Waals surface area contributed by atoms with Crippen LogP contribution in [0.25, 0.3) is 11.3 Å². The first-order valence-electron chi connectivity index (χ1n) is 9.80. The Morgan fingerprint density at radius 1 is 1.14 bits per heavy atom. The molecule has 0 unspecified atom stereocenters. The molecule has 0 atom stereocenters. The van der Waals surface area contributed by atoms with Crippen LogP contribution in [0.3, 0.4) is 0 Å². The third-order valence-corrected chi connectivity index (χ3v) is 5.91. The van der Waals surface area contributed by atoms with Crippen LogP contribution in [0.15, 0.2) is 46.5 Å². The zero-order chi connectivity index (χ0) is 21.0. The highest BCUT2D eigenvalue weighted by Gasteiger charge is 2.20. The Morgan fingerprint density at radius 3 is 2.45 bits per heavy atom. The van der Waals surface area contributed by atoms with Crippen LogP contribution in [0, 0.1) is 0 Å². The minimum Gasteiger partial charge on any atom is -0.460 e. The molecule has 6 heteroatoms. The highest BCUT2D eigenvalue weighted by Crippen LogP contribution is 2.33. The number of benzene rings is 1. The lowest BCUT2D eigenvalue weighted by Crippen LogP contribution is -2.27. The first-order chi connectivity index (χ1) is 13.7. The highest BCUT2D eigenvalue weighted by atomic mass is 32.1. The zero-order valence-electron chi connectivity index (χ0n) is 17.6. The smallest absolute Gasteiger partial charge is 0.308 e. The van der Waals surface area contributed by atoms with Gasteiger partial charge in [0.25, 0.3) is 0 Å². The monoisotopic (exact) mass is 428 g/mol. The van der Waals surface area contributed by atoms with Gasteiger partial charge in [0.15, 0.2) is 5.13 Å². The summed E-state index contributed by atoms with van der Waals surface area (Å²) in [6.45, 7) is 10.6. The lowest BCUT2D eigenvalue weighted by molar-refractivity contribution is -0.154. The van der Waals surface area contributed by atoms with Gasteiger partial charge < -0.3 is 9.64 Å². The first-order valence-corrected chi connectivity index (χ1v) is 11.6. The van der Waals surface area contributed by atoms with Crippen molar-refractivity contribution in [3.63, 3.8) is 0 Å². The lowest BCUT2D eigenvalue weighted by atomic mass is 10.0. The highest BCUT2D eigenvalue weighted by molar-refractivity contribution is 7.14. The van der Waals surface area contributed by atoms with Crippen molar-refractivity contribution < 1.29 is 9.53 Å². The van der Waals surface area contributed by atoms with Crippen molar-refractivity contribution in [2.45, 2.75) is 52.6 Å². The van der Waals surface area contributed by atoms with Crippen LogP contribution in [0.2, 0.25) is 0 Å². The maximum Gasteiger partial charge on any atom is 0.308 e. The van der Waals surface area contributed by atoms with E-state index in [0.29, 0.717) is 18.9 Å². The Hall–Kier alpha value is -2.18. The quantitative estimate of drug-likeness (QED) is 0.385. The summed E-state index contributed by atoms with van der Waals surface area (Å²) in [5.41, 5.74) is 3.96. The molecule has 0 fully saturated rings. The van der Waals surface area contributed by atoms with Gasteiger partial charge in [0.2, 0.25) is 0 Å². The Bertz CT molecular complexity index is 923. The summed E-state index contributed by atoms with van der Waals surface area (Å²) >= 11 is 3.23. The van der Waals surface area contributed by atoms with E-state index in [2.05, 4.69) is 59.8 Å². The van der Waals surface area contributed by atoms with Crippen LogP contribution in [0.1, 0.15) is 52.5 Å². The van der Waals surface area contributed by atoms with E-state index in [1.54, 1.807) is 22.7 Å². The lowest BCUT2D eigenvalue weighted by Gasteiger charge is -2.23. The van der Waals surface area contributed by atoms with Crippen molar-refractivity contribution in [1.82, 2.24) is 4.98 Å². The van der Waals surface area contributed by atoms with Crippen molar-refractivity contribution in [2.24, 2.45) is 0 Å². The number of carbonyl (C=O) groups is 1. The standard InChI is InChI=1S/C23H28N2O2S2/c1-16(2)17-6-8-18(9-7-17)20-15-29-22(24-20)25(19-11-13-28-14-19)12-10-21(26)27-23(3,4)5/h6-9,11,13-16H,10,12H2,1-5H3. The summed E-state index contributed by atoms with van der Waals surface area (Å²) < 4.78 is 5.47. The van der Waals surface area contributed by atoms with Gasteiger partial charge in [0.1, 0.15) is 5.60 Å². The maximum atomic E-state index is 12.2. The largest absolute Gasteiger partial charge is 0.460 e. The van der Waals surface area contributed by atoms with Crippen LogP contribution < -0.4 is 4.90 Å². The second-order valence-electron chi connectivity index (χ2n) is 8.26. The number of thiazole rings is 1. The van der Waals surface area contributed by atoms with Crippen LogP contribution in [-0.4, -0.2) is 23.1 Å². The molecule has 154 valence electrons. The SMILES string of the molecule is CC(C)c1ccc(-c2csc(N(CCC(=O)OC(C)(C)C)c3ccsc3)n2)cc1. The normalized spacial score (nSPS) is 11.7. The van der Waals surface area contributed by atoms with Crippen LogP contribution in [-0.2, 0) is 9.53 Å². The first kappa shape index (κ1) is 21.5. The number of rotatable bonds is 7. The van der Waals surface area contributed by atoms with E-state index in [4.69, 9.17) is 9.72 Å². The van der Waals surface area contributed by atoms with Gasteiger partial charge in [-0.15, -0.1) is 11.3 Å². The summed E-state index contributed by atoms with van der Waals surface area (Å²) in [5, 5.41) is 7.07. The van der Waals surface area contributed by atoms with Gasteiger partial charge in [-0.05, 0) is 43.7 Å². The fraction of sp³-hybridized carbons (Fsp3) is 0.391. The van der Waals surface area contributed by atoms with Gasteiger partial charge in [-0.3, -0.25) is 4.79 Å². The molecule has 3 rings (SSSR count). The second-order valence-corrected chi connectivity index (χ2v) is 9.88. The van der Waals surface area contributed by atoms with E-state index >= 15 is 0 Å². The van der Waals surface area contributed by atoms with Crippen molar-refractivity contribution >= 4 is 39.5 Å². The Balaban J connectivity index is 1.78. The van der Waals surface area contributed by atoms with E-state index in [0.717, 1.165) is 22.1 Å². The number of ether oxygens (including phenoxy) is 1. The summed E-state index contributed by atoms with van der Waals surface area (Å²) in [4.78, 5) is 19.2. The van der Waals surface area contributed by atoms with Gasteiger partial charge in [-0.1, -0.05) is 38.1 Å². The molecule has 0 saturated heterocycles. The molecule has 0 aliphatic rings. The van der Waals surface area contributed by atoms with Crippen molar-refractivity contribution in [2.75, 3.05) is 11.4 Å². The van der Waals surface area contributed by atoms with Gasteiger partial charge in [0, 0.05) is 22.9 Å². The zero-order valence-corrected chi connectivity index (χ0v) is 19.3. The molecule has 29 heavy (non-hydrogen) atoms. The number of esters is 1. The third kappa shape index (κ3) is 5.90. The van der Waals surface area contributed by atoms with E-state index < -0.39 is 5.60 Å². The van der Waals surface area contributed by atoms with Crippen molar-refractivity contribution in [3.05, 3.63) is 52.0 Å². The fourth-order valence-electron chi connectivity index (χ4n) is 2.90. The molecule has 0 aliphatic heterocycles. The number of hydrogen-bond donors (Lipinski definition) is 0. The van der Waals surface area contributed by atoms with Gasteiger partial charge in [-0.2, -0.15) is 11.3 Å². The summed E-state index contributed by atoms with van der Waals surface area (Å²) in [7, 11) is 0.